The molecule has 0 unspecified atom stereocenters. The topological polar surface area (TPSA) is 73.8 Å². The Morgan fingerprint density at radius 2 is 1.89 bits per heavy atom. The summed E-state index contributed by atoms with van der Waals surface area (Å²) in [5.41, 5.74) is 2.53. The van der Waals surface area contributed by atoms with Crippen molar-refractivity contribution in [3.63, 3.8) is 0 Å². The number of hydrogen-bond donors (Lipinski definition) is 0. The highest BCUT2D eigenvalue weighted by molar-refractivity contribution is 9.10. The summed E-state index contributed by atoms with van der Waals surface area (Å²) in [7, 11) is 0. The predicted octanol–water partition coefficient (Wildman–Crippen LogP) is 5.49. The van der Waals surface area contributed by atoms with Crippen LogP contribution in [0.3, 0.4) is 0 Å². The molecule has 0 N–H and O–H groups in total. The number of aromatic nitrogens is 1. The van der Waals surface area contributed by atoms with E-state index in [1.165, 1.54) is 11.3 Å². The van der Waals surface area contributed by atoms with E-state index >= 15 is 0 Å². The number of rotatable bonds is 6. The maximum atomic E-state index is 13.6. The van der Waals surface area contributed by atoms with Crippen LogP contribution in [0.4, 0.5) is 0 Å². The second-order valence-corrected chi connectivity index (χ2v) is 10.2. The molecule has 37 heavy (non-hydrogen) atoms. The molecule has 0 aliphatic carbocycles. The number of carbonyl (C=O) groups is 1. The van der Waals surface area contributed by atoms with Crippen LogP contribution in [0.1, 0.15) is 31.2 Å². The number of benzene rings is 2. The van der Waals surface area contributed by atoms with Crippen molar-refractivity contribution < 1.29 is 13.9 Å². The third-order valence-corrected chi connectivity index (χ3v) is 7.37. The molecule has 0 spiro atoms. The number of allylic oxidation sites excluding steroid dienone is 2. The van der Waals surface area contributed by atoms with Crippen LogP contribution >= 0.6 is 27.3 Å². The zero-order chi connectivity index (χ0) is 25.9. The molecular weight excluding hydrogens is 552 g/mol. The van der Waals surface area contributed by atoms with Crippen molar-refractivity contribution in [2.24, 2.45) is 4.99 Å². The Morgan fingerprint density at radius 3 is 2.62 bits per heavy atom. The standard InChI is InChI=1S/C29H23BrN2O4S/c1-3-35-28(34)26-18(2)31-29-32(23(26)15-9-19-7-5-4-6-8-19)27(33)25(37-29)17-22-14-16-24(36-22)20-10-12-21(30)13-11-20/h4-17,23H,3H2,1-2H3/b15-9+,25-17+/t23-/m1/s1. The van der Waals surface area contributed by atoms with E-state index in [1.54, 1.807) is 24.5 Å². The van der Waals surface area contributed by atoms with Crippen LogP contribution in [-0.2, 0) is 9.53 Å². The second kappa shape index (κ2) is 10.7. The number of nitrogens with zero attached hydrogens (tertiary/aromatic N) is 2. The van der Waals surface area contributed by atoms with Crippen molar-refractivity contribution in [2.45, 2.75) is 19.9 Å². The minimum atomic E-state index is -0.646. The van der Waals surface area contributed by atoms with Gasteiger partial charge in [-0.05, 0) is 43.7 Å². The highest BCUT2D eigenvalue weighted by Crippen LogP contribution is 2.27. The van der Waals surface area contributed by atoms with Crippen LogP contribution < -0.4 is 14.9 Å². The van der Waals surface area contributed by atoms with Gasteiger partial charge in [0, 0.05) is 16.1 Å². The molecule has 0 bridgehead atoms. The van der Waals surface area contributed by atoms with Gasteiger partial charge in [-0.25, -0.2) is 9.79 Å². The average Bonchev–Trinajstić information content (AvgIpc) is 3.48. The molecule has 5 rings (SSSR count). The van der Waals surface area contributed by atoms with E-state index in [0.29, 0.717) is 32.1 Å². The highest BCUT2D eigenvalue weighted by Gasteiger charge is 2.30. The van der Waals surface area contributed by atoms with Crippen LogP contribution in [0, 0.1) is 0 Å². The van der Waals surface area contributed by atoms with Gasteiger partial charge in [-0.2, -0.15) is 0 Å². The Balaban J connectivity index is 1.58. The van der Waals surface area contributed by atoms with Gasteiger partial charge in [0.25, 0.3) is 5.56 Å². The van der Waals surface area contributed by atoms with Crippen LogP contribution in [0.25, 0.3) is 23.5 Å². The maximum absolute atomic E-state index is 13.6. The summed E-state index contributed by atoms with van der Waals surface area (Å²) in [6.45, 7) is 3.75. The summed E-state index contributed by atoms with van der Waals surface area (Å²) in [5, 5.41) is 0. The van der Waals surface area contributed by atoms with Gasteiger partial charge in [0.15, 0.2) is 4.80 Å². The average molecular weight is 575 g/mol. The third kappa shape index (κ3) is 5.21. The van der Waals surface area contributed by atoms with Gasteiger partial charge >= 0.3 is 5.97 Å². The van der Waals surface area contributed by atoms with E-state index in [-0.39, 0.29) is 12.2 Å². The molecule has 0 saturated heterocycles. The smallest absolute Gasteiger partial charge is 0.338 e. The molecule has 186 valence electrons. The molecular formula is C29H23BrN2O4S. The van der Waals surface area contributed by atoms with E-state index in [2.05, 4.69) is 20.9 Å². The normalized spacial score (nSPS) is 15.6. The lowest BCUT2D eigenvalue weighted by Crippen LogP contribution is -2.38. The number of halogens is 1. The SMILES string of the molecule is CCOC(=O)C1=C(C)N=c2s/c(=C/c3ccc(-c4ccc(Br)cc4)o3)c(=O)n2[C@@H]1/C=C/c1ccccc1. The molecule has 0 fully saturated rings. The molecule has 1 aliphatic heterocycles. The Hall–Kier alpha value is -3.75. The number of ether oxygens (including phenoxy) is 1. The monoisotopic (exact) mass is 574 g/mol. The molecule has 3 heterocycles. The van der Waals surface area contributed by atoms with E-state index in [9.17, 15) is 9.59 Å². The molecule has 4 aromatic rings. The Bertz CT molecular complexity index is 1690. The summed E-state index contributed by atoms with van der Waals surface area (Å²) in [5.74, 6) is 0.780. The third-order valence-electron chi connectivity index (χ3n) is 5.86. The molecule has 1 atom stereocenters. The largest absolute Gasteiger partial charge is 0.463 e. The first kappa shape index (κ1) is 24.9. The van der Waals surface area contributed by atoms with Gasteiger partial charge in [-0.3, -0.25) is 9.36 Å². The molecule has 0 saturated carbocycles. The summed E-state index contributed by atoms with van der Waals surface area (Å²) in [4.78, 5) is 31.6. The molecule has 0 amide bonds. The van der Waals surface area contributed by atoms with Crippen LogP contribution in [0.15, 0.2) is 103 Å². The van der Waals surface area contributed by atoms with Crippen LogP contribution in [0.2, 0.25) is 0 Å². The molecule has 1 aliphatic rings. The van der Waals surface area contributed by atoms with Gasteiger partial charge in [-0.1, -0.05) is 81.9 Å². The fraction of sp³-hybridized carbons (Fsp3) is 0.138. The van der Waals surface area contributed by atoms with Crippen molar-refractivity contribution >= 4 is 45.4 Å². The molecule has 6 nitrogen and oxygen atoms in total. The summed E-state index contributed by atoms with van der Waals surface area (Å²) in [6.07, 6.45) is 5.46. The minimum Gasteiger partial charge on any atom is -0.463 e. The summed E-state index contributed by atoms with van der Waals surface area (Å²) < 4.78 is 14.3. The number of furan rings is 1. The predicted molar refractivity (Wildman–Crippen MR) is 149 cm³/mol. The van der Waals surface area contributed by atoms with Crippen LogP contribution in [0.5, 0.6) is 0 Å². The fourth-order valence-corrected chi connectivity index (χ4v) is 5.41. The summed E-state index contributed by atoms with van der Waals surface area (Å²) >= 11 is 4.70. The first-order valence-corrected chi connectivity index (χ1v) is 13.3. The van der Waals surface area contributed by atoms with E-state index in [0.717, 1.165) is 15.6 Å². The number of fused-ring (bicyclic) bond motifs is 1. The lowest BCUT2D eigenvalue weighted by atomic mass is 10.0. The van der Waals surface area contributed by atoms with Gasteiger partial charge in [0.2, 0.25) is 0 Å². The van der Waals surface area contributed by atoms with Crippen molar-refractivity contribution in [2.75, 3.05) is 6.61 Å². The van der Waals surface area contributed by atoms with E-state index in [1.807, 2.05) is 78.9 Å². The zero-order valence-electron chi connectivity index (χ0n) is 20.2. The van der Waals surface area contributed by atoms with Gasteiger partial charge in [0.05, 0.1) is 28.5 Å². The lowest BCUT2D eigenvalue weighted by Gasteiger charge is -2.21. The Morgan fingerprint density at radius 1 is 1.14 bits per heavy atom. The highest BCUT2D eigenvalue weighted by atomic mass is 79.9. The number of hydrogen-bond acceptors (Lipinski definition) is 6. The number of carbonyl (C=O) groups excluding carboxylic acids is 1. The minimum absolute atomic E-state index is 0.231. The Labute approximate surface area is 225 Å². The van der Waals surface area contributed by atoms with Gasteiger partial charge in [-0.15, -0.1) is 0 Å². The second-order valence-electron chi connectivity index (χ2n) is 8.32. The first-order valence-electron chi connectivity index (χ1n) is 11.7. The lowest BCUT2D eigenvalue weighted by molar-refractivity contribution is -0.139. The van der Waals surface area contributed by atoms with Gasteiger partial charge < -0.3 is 9.15 Å². The van der Waals surface area contributed by atoms with E-state index in [4.69, 9.17) is 9.15 Å². The number of esters is 1. The molecule has 2 aromatic carbocycles. The zero-order valence-corrected chi connectivity index (χ0v) is 22.6. The van der Waals surface area contributed by atoms with Crippen molar-refractivity contribution in [1.82, 2.24) is 4.57 Å². The molecule has 2 aromatic heterocycles. The fourth-order valence-electron chi connectivity index (χ4n) is 4.11. The van der Waals surface area contributed by atoms with Gasteiger partial charge in [0.1, 0.15) is 11.5 Å². The molecule has 8 heteroatoms. The van der Waals surface area contributed by atoms with Crippen molar-refractivity contribution in [1.29, 1.82) is 0 Å². The van der Waals surface area contributed by atoms with Crippen molar-refractivity contribution in [3.05, 3.63) is 120 Å². The van der Waals surface area contributed by atoms with E-state index < -0.39 is 12.0 Å². The van der Waals surface area contributed by atoms with Crippen molar-refractivity contribution in [3.8, 4) is 11.3 Å². The Kier molecular flexibility index (Phi) is 7.21. The number of thiazole rings is 1. The quantitative estimate of drug-likeness (QED) is 0.285. The first-order chi connectivity index (χ1) is 17.9. The summed E-state index contributed by atoms with van der Waals surface area (Å²) in [6, 6.07) is 20.6. The van der Waals surface area contributed by atoms with Crippen LogP contribution in [-0.4, -0.2) is 17.1 Å². The molecule has 0 radical (unpaired) electrons. The maximum Gasteiger partial charge on any atom is 0.338 e.